The number of hydrogen-bond donors (Lipinski definition) is 1. The lowest BCUT2D eigenvalue weighted by atomic mass is 10.2. The van der Waals surface area contributed by atoms with E-state index in [1.807, 2.05) is 30.3 Å². The molecule has 0 radical (unpaired) electrons. The predicted octanol–water partition coefficient (Wildman–Crippen LogP) is 2.02. The van der Waals surface area contributed by atoms with Gasteiger partial charge >= 0.3 is 0 Å². The molecule has 2 aromatic rings. The fourth-order valence-corrected chi connectivity index (χ4v) is 3.25. The maximum Gasteiger partial charge on any atom is 0.261 e. The minimum atomic E-state index is -0.667. The Labute approximate surface area is 174 Å². The molecule has 1 N–H and O–H groups in total. The van der Waals surface area contributed by atoms with Crippen LogP contribution in [-0.2, 0) is 14.3 Å². The van der Waals surface area contributed by atoms with Gasteiger partial charge in [0.1, 0.15) is 29.5 Å². The van der Waals surface area contributed by atoms with Gasteiger partial charge in [-0.3, -0.25) is 9.59 Å². The van der Waals surface area contributed by atoms with Crippen LogP contribution in [0.25, 0.3) is 0 Å². The Kier molecular flexibility index (Phi) is 7.62. The van der Waals surface area contributed by atoms with Crippen molar-refractivity contribution in [3.8, 4) is 11.5 Å². The van der Waals surface area contributed by atoms with Crippen molar-refractivity contribution in [3.63, 3.8) is 0 Å². The van der Waals surface area contributed by atoms with Crippen LogP contribution in [0.15, 0.2) is 54.6 Å². The standard InChI is InChI=1S/C22H25FN2O5/c1-28-12-11-24-22(27)20-13-19(30-18-5-3-2-4-6-18)14-25(20)21(26)15-29-17-9-7-16(23)8-10-17/h2-10,19-20H,11-15H2,1H3,(H,24,27)/t19-,20-/m0/s1. The number of nitrogens with one attached hydrogen (secondary N) is 1. The Balaban J connectivity index is 1.64. The van der Waals surface area contributed by atoms with Gasteiger partial charge in [-0.1, -0.05) is 18.2 Å². The third kappa shape index (κ3) is 5.93. The summed E-state index contributed by atoms with van der Waals surface area (Å²) in [5, 5.41) is 2.78. The Morgan fingerprint density at radius 2 is 1.83 bits per heavy atom. The molecule has 30 heavy (non-hydrogen) atoms. The first-order valence-electron chi connectivity index (χ1n) is 9.73. The van der Waals surface area contributed by atoms with Crippen LogP contribution in [0.3, 0.4) is 0 Å². The number of likely N-dealkylation sites (tertiary alicyclic amines) is 1. The van der Waals surface area contributed by atoms with E-state index >= 15 is 0 Å². The second-order valence-corrected chi connectivity index (χ2v) is 6.88. The Morgan fingerprint density at radius 3 is 2.53 bits per heavy atom. The number of nitrogens with zero attached hydrogens (tertiary/aromatic N) is 1. The van der Waals surface area contributed by atoms with Gasteiger partial charge in [0.15, 0.2) is 6.61 Å². The molecule has 3 rings (SSSR count). The summed E-state index contributed by atoms with van der Waals surface area (Å²) in [4.78, 5) is 26.9. The van der Waals surface area contributed by atoms with Gasteiger partial charge in [0, 0.05) is 20.1 Å². The van der Waals surface area contributed by atoms with Crippen LogP contribution >= 0.6 is 0 Å². The van der Waals surface area contributed by atoms with Crippen LogP contribution in [0.5, 0.6) is 11.5 Å². The van der Waals surface area contributed by atoms with E-state index in [9.17, 15) is 14.0 Å². The van der Waals surface area contributed by atoms with Gasteiger partial charge in [0.05, 0.1) is 13.2 Å². The predicted molar refractivity (Wildman–Crippen MR) is 108 cm³/mol. The zero-order valence-corrected chi connectivity index (χ0v) is 16.8. The first kappa shape index (κ1) is 21.6. The third-order valence-electron chi connectivity index (χ3n) is 4.71. The molecule has 1 heterocycles. The molecule has 2 amide bonds. The van der Waals surface area contributed by atoms with Crippen LogP contribution in [0.2, 0.25) is 0 Å². The molecule has 0 unspecified atom stereocenters. The molecule has 0 aliphatic carbocycles. The number of halogens is 1. The van der Waals surface area contributed by atoms with Crippen molar-refractivity contribution in [1.82, 2.24) is 10.2 Å². The second-order valence-electron chi connectivity index (χ2n) is 6.88. The second kappa shape index (κ2) is 10.6. The van der Waals surface area contributed by atoms with Crippen LogP contribution < -0.4 is 14.8 Å². The summed E-state index contributed by atoms with van der Waals surface area (Å²) in [6.45, 7) is 0.739. The average Bonchev–Trinajstić information content (AvgIpc) is 3.18. The monoisotopic (exact) mass is 416 g/mol. The van der Waals surface area contributed by atoms with Crippen molar-refractivity contribution < 1.29 is 28.2 Å². The van der Waals surface area contributed by atoms with Gasteiger partial charge in [-0.05, 0) is 36.4 Å². The summed E-state index contributed by atoms with van der Waals surface area (Å²) in [5.41, 5.74) is 0. The molecule has 0 saturated carbocycles. The fourth-order valence-electron chi connectivity index (χ4n) is 3.25. The molecule has 160 valence electrons. The van der Waals surface area contributed by atoms with Gasteiger partial charge in [-0.2, -0.15) is 0 Å². The van der Waals surface area contributed by atoms with Crippen LogP contribution in [0.1, 0.15) is 6.42 Å². The van der Waals surface area contributed by atoms with Crippen molar-refractivity contribution in [2.75, 3.05) is 33.4 Å². The van der Waals surface area contributed by atoms with E-state index in [-0.39, 0.29) is 36.9 Å². The summed E-state index contributed by atoms with van der Waals surface area (Å²) < 4.78 is 29.4. The highest BCUT2D eigenvalue weighted by atomic mass is 19.1. The number of carbonyl (C=O) groups excluding carboxylic acids is 2. The zero-order chi connectivity index (χ0) is 21.3. The molecule has 1 fully saturated rings. The number of benzene rings is 2. The van der Waals surface area contributed by atoms with Crippen LogP contribution in [0.4, 0.5) is 4.39 Å². The average molecular weight is 416 g/mol. The quantitative estimate of drug-likeness (QED) is 0.633. The fraction of sp³-hybridized carbons (Fsp3) is 0.364. The summed E-state index contributed by atoms with van der Waals surface area (Å²) in [6, 6.07) is 14.0. The van der Waals surface area contributed by atoms with Gasteiger partial charge in [0.2, 0.25) is 5.91 Å². The van der Waals surface area contributed by atoms with Crippen LogP contribution in [-0.4, -0.2) is 62.3 Å². The minimum Gasteiger partial charge on any atom is -0.488 e. The molecule has 1 aliphatic rings. The van der Waals surface area contributed by atoms with Gasteiger partial charge < -0.3 is 24.4 Å². The molecule has 1 saturated heterocycles. The lowest BCUT2D eigenvalue weighted by Crippen LogP contribution is -2.48. The largest absolute Gasteiger partial charge is 0.488 e. The normalized spacial score (nSPS) is 18.1. The van der Waals surface area contributed by atoms with Crippen molar-refractivity contribution in [2.45, 2.75) is 18.6 Å². The number of para-hydroxylation sites is 1. The van der Waals surface area contributed by atoms with E-state index < -0.39 is 6.04 Å². The lowest BCUT2D eigenvalue weighted by molar-refractivity contribution is -0.140. The van der Waals surface area contributed by atoms with Crippen molar-refractivity contribution in [2.24, 2.45) is 0 Å². The number of ether oxygens (including phenoxy) is 3. The molecular formula is C22H25FN2O5. The van der Waals surface area contributed by atoms with E-state index in [4.69, 9.17) is 14.2 Å². The number of hydrogen-bond acceptors (Lipinski definition) is 5. The van der Waals surface area contributed by atoms with E-state index in [2.05, 4.69) is 5.32 Å². The lowest BCUT2D eigenvalue weighted by Gasteiger charge is -2.23. The third-order valence-corrected chi connectivity index (χ3v) is 4.71. The summed E-state index contributed by atoms with van der Waals surface area (Å²) >= 11 is 0. The first-order valence-corrected chi connectivity index (χ1v) is 9.73. The van der Waals surface area contributed by atoms with E-state index in [1.54, 1.807) is 7.11 Å². The molecule has 2 atom stereocenters. The number of carbonyl (C=O) groups is 2. The molecule has 0 aromatic heterocycles. The smallest absolute Gasteiger partial charge is 0.261 e. The maximum absolute atomic E-state index is 13.0. The highest BCUT2D eigenvalue weighted by Crippen LogP contribution is 2.24. The molecule has 0 spiro atoms. The summed E-state index contributed by atoms with van der Waals surface area (Å²) in [6.07, 6.45) is 0.0519. The molecule has 0 bridgehead atoms. The maximum atomic E-state index is 13.0. The van der Waals surface area contributed by atoms with Crippen molar-refractivity contribution >= 4 is 11.8 Å². The molecule has 2 aromatic carbocycles. The molecule has 1 aliphatic heterocycles. The van der Waals surface area contributed by atoms with Crippen molar-refractivity contribution in [3.05, 3.63) is 60.4 Å². The van der Waals surface area contributed by atoms with Gasteiger partial charge in [0.25, 0.3) is 5.91 Å². The Morgan fingerprint density at radius 1 is 1.10 bits per heavy atom. The number of rotatable bonds is 9. The van der Waals surface area contributed by atoms with Crippen molar-refractivity contribution in [1.29, 1.82) is 0 Å². The van der Waals surface area contributed by atoms with Gasteiger partial charge in [-0.25, -0.2) is 4.39 Å². The summed E-state index contributed by atoms with van der Waals surface area (Å²) in [7, 11) is 1.55. The molecule has 7 nitrogen and oxygen atoms in total. The Hall–Kier alpha value is -3.13. The number of amides is 2. The van der Waals surface area contributed by atoms with Gasteiger partial charge in [-0.15, -0.1) is 0 Å². The topological polar surface area (TPSA) is 77.1 Å². The zero-order valence-electron chi connectivity index (χ0n) is 16.8. The van der Waals surface area contributed by atoms with E-state index in [0.29, 0.717) is 31.1 Å². The van der Waals surface area contributed by atoms with E-state index in [1.165, 1.54) is 29.2 Å². The summed E-state index contributed by atoms with van der Waals surface area (Å²) in [5.74, 6) is 0.0636. The number of methoxy groups -OCH3 is 1. The molecular weight excluding hydrogens is 391 g/mol. The first-order chi connectivity index (χ1) is 14.6. The Bertz CT molecular complexity index is 831. The molecule has 8 heteroatoms. The highest BCUT2D eigenvalue weighted by Gasteiger charge is 2.40. The van der Waals surface area contributed by atoms with E-state index in [0.717, 1.165) is 0 Å². The minimum absolute atomic E-state index is 0.258. The van der Waals surface area contributed by atoms with Crippen LogP contribution in [0, 0.1) is 5.82 Å². The highest BCUT2D eigenvalue weighted by molar-refractivity contribution is 5.89. The SMILES string of the molecule is COCCNC(=O)[C@@H]1C[C@H](Oc2ccccc2)CN1C(=O)COc1ccc(F)cc1.